The van der Waals surface area contributed by atoms with Crippen molar-refractivity contribution in [1.29, 1.82) is 0 Å². The van der Waals surface area contributed by atoms with E-state index >= 15 is 0 Å². The third kappa shape index (κ3) is 3.82. The molecule has 0 bridgehead atoms. The maximum atomic E-state index is 12.4. The van der Waals surface area contributed by atoms with E-state index in [2.05, 4.69) is 11.9 Å². The van der Waals surface area contributed by atoms with Crippen LogP contribution < -0.4 is 0 Å². The minimum atomic E-state index is -0.945. The van der Waals surface area contributed by atoms with Crippen LogP contribution in [0.25, 0.3) is 0 Å². The number of hydrogen-bond acceptors (Lipinski definition) is 3. The molecule has 0 radical (unpaired) electrons. The van der Waals surface area contributed by atoms with Crippen molar-refractivity contribution in [3.05, 3.63) is 18.7 Å². The standard InChI is InChI=1S/C14H21N3O3/c1-2-3-12(16-7-6-15-10-16)8-13(18)17(9-14(19)20)11-4-5-11/h6-7,10-12H,2-5,8-9H2,1H3,(H,19,20). The zero-order valence-corrected chi connectivity index (χ0v) is 11.7. The van der Waals surface area contributed by atoms with Gasteiger partial charge in [0.05, 0.1) is 6.33 Å². The zero-order valence-electron chi connectivity index (χ0n) is 11.7. The smallest absolute Gasteiger partial charge is 0.323 e. The molecule has 110 valence electrons. The van der Waals surface area contributed by atoms with Crippen LogP contribution in [0, 0.1) is 0 Å². The van der Waals surface area contributed by atoms with E-state index in [0.29, 0.717) is 6.42 Å². The molecule has 1 amide bonds. The van der Waals surface area contributed by atoms with Gasteiger partial charge in [0.25, 0.3) is 0 Å². The number of nitrogens with zero attached hydrogens (tertiary/aromatic N) is 3. The number of carbonyl (C=O) groups excluding carboxylic acids is 1. The number of hydrogen-bond donors (Lipinski definition) is 1. The van der Waals surface area contributed by atoms with Gasteiger partial charge in [-0.25, -0.2) is 4.98 Å². The highest BCUT2D eigenvalue weighted by molar-refractivity contribution is 5.82. The predicted molar refractivity (Wildman–Crippen MR) is 73.2 cm³/mol. The first-order valence-corrected chi connectivity index (χ1v) is 7.10. The van der Waals surface area contributed by atoms with E-state index < -0.39 is 5.97 Å². The molecule has 1 saturated carbocycles. The average Bonchev–Trinajstić information content (AvgIpc) is 3.09. The van der Waals surface area contributed by atoms with Gasteiger partial charge in [0.2, 0.25) is 5.91 Å². The van der Waals surface area contributed by atoms with E-state index in [1.54, 1.807) is 12.5 Å². The molecule has 0 saturated heterocycles. The summed E-state index contributed by atoms with van der Waals surface area (Å²) < 4.78 is 1.94. The van der Waals surface area contributed by atoms with Gasteiger partial charge in [0, 0.05) is 30.9 Å². The van der Waals surface area contributed by atoms with E-state index in [4.69, 9.17) is 5.11 Å². The molecule has 1 N–H and O–H groups in total. The quantitative estimate of drug-likeness (QED) is 0.785. The molecule has 1 atom stereocenters. The second-order valence-corrected chi connectivity index (χ2v) is 5.30. The number of aromatic nitrogens is 2. The lowest BCUT2D eigenvalue weighted by Gasteiger charge is -2.24. The fraction of sp³-hybridized carbons (Fsp3) is 0.643. The topological polar surface area (TPSA) is 75.4 Å². The summed E-state index contributed by atoms with van der Waals surface area (Å²) in [5, 5.41) is 8.92. The van der Waals surface area contributed by atoms with Crippen LogP contribution in [0.5, 0.6) is 0 Å². The van der Waals surface area contributed by atoms with Gasteiger partial charge in [-0.1, -0.05) is 13.3 Å². The monoisotopic (exact) mass is 279 g/mol. The van der Waals surface area contributed by atoms with Crippen LogP contribution in [0.3, 0.4) is 0 Å². The molecule has 20 heavy (non-hydrogen) atoms. The van der Waals surface area contributed by atoms with E-state index in [9.17, 15) is 9.59 Å². The van der Waals surface area contributed by atoms with Gasteiger partial charge in [-0.3, -0.25) is 9.59 Å². The van der Waals surface area contributed by atoms with Crippen molar-refractivity contribution in [1.82, 2.24) is 14.5 Å². The summed E-state index contributed by atoms with van der Waals surface area (Å²) in [6, 6.07) is 0.189. The Bertz CT molecular complexity index is 454. The highest BCUT2D eigenvalue weighted by atomic mass is 16.4. The Balaban J connectivity index is 2.01. The van der Waals surface area contributed by atoms with Crippen molar-refractivity contribution < 1.29 is 14.7 Å². The lowest BCUT2D eigenvalue weighted by Crippen LogP contribution is -2.38. The number of carbonyl (C=O) groups is 2. The van der Waals surface area contributed by atoms with Crippen molar-refractivity contribution in [3.8, 4) is 0 Å². The summed E-state index contributed by atoms with van der Waals surface area (Å²) in [5.74, 6) is -1.01. The summed E-state index contributed by atoms with van der Waals surface area (Å²) in [7, 11) is 0. The SMILES string of the molecule is CCCC(CC(=O)N(CC(=O)O)C1CC1)n1ccnc1. The molecular weight excluding hydrogens is 258 g/mol. The van der Waals surface area contributed by atoms with Gasteiger partial charge < -0.3 is 14.6 Å². The average molecular weight is 279 g/mol. The number of amides is 1. The van der Waals surface area contributed by atoms with Crippen molar-refractivity contribution in [2.75, 3.05) is 6.54 Å². The molecular formula is C14H21N3O3. The Morgan fingerprint density at radius 1 is 1.50 bits per heavy atom. The second-order valence-electron chi connectivity index (χ2n) is 5.30. The Labute approximate surface area is 118 Å². The van der Waals surface area contributed by atoms with Crippen molar-refractivity contribution >= 4 is 11.9 Å². The minimum absolute atomic E-state index is 0.0602. The number of carboxylic acids is 1. The summed E-state index contributed by atoms with van der Waals surface area (Å²) in [5.41, 5.74) is 0. The van der Waals surface area contributed by atoms with Crippen molar-refractivity contribution in [2.24, 2.45) is 0 Å². The molecule has 0 spiro atoms. The molecule has 1 aromatic rings. The number of aliphatic carboxylic acids is 1. The second kappa shape index (κ2) is 6.54. The Morgan fingerprint density at radius 3 is 2.75 bits per heavy atom. The van der Waals surface area contributed by atoms with Crippen LogP contribution in [0.4, 0.5) is 0 Å². The van der Waals surface area contributed by atoms with Gasteiger partial charge in [0.15, 0.2) is 0 Å². The molecule has 1 unspecified atom stereocenters. The van der Waals surface area contributed by atoms with Crippen LogP contribution in [-0.2, 0) is 9.59 Å². The van der Waals surface area contributed by atoms with Crippen LogP contribution in [0.2, 0.25) is 0 Å². The van der Waals surface area contributed by atoms with Gasteiger partial charge >= 0.3 is 5.97 Å². The van der Waals surface area contributed by atoms with Gasteiger partial charge in [-0.2, -0.15) is 0 Å². The molecule has 1 fully saturated rings. The highest BCUT2D eigenvalue weighted by Crippen LogP contribution is 2.29. The molecule has 1 aromatic heterocycles. The molecule has 0 aliphatic heterocycles. The lowest BCUT2D eigenvalue weighted by atomic mass is 10.1. The number of carboxylic acid groups (broad SMARTS) is 1. The largest absolute Gasteiger partial charge is 0.480 e. The Kier molecular flexibility index (Phi) is 4.76. The fourth-order valence-electron chi connectivity index (χ4n) is 2.45. The lowest BCUT2D eigenvalue weighted by molar-refractivity contribution is -0.145. The van der Waals surface area contributed by atoms with E-state index in [0.717, 1.165) is 25.7 Å². The number of imidazole rings is 1. The molecule has 2 rings (SSSR count). The first kappa shape index (κ1) is 14.6. The van der Waals surface area contributed by atoms with Gasteiger partial charge in [-0.05, 0) is 19.3 Å². The predicted octanol–water partition coefficient (Wildman–Crippen LogP) is 1.69. The van der Waals surface area contributed by atoms with E-state index in [1.807, 2.05) is 10.8 Å². The van der Waals surface area contributed by atoms with Gasteiger partial charge in [-0.15, -0.1) is 0 Å². The Hall–Kier alpha value is -1.85. The minimum Gasteiger partial charge on any atom is -0.480 e. The van der Waals surface area contributed by atoms with E-state index in [1.165, 1.54) is 4.90 Å². The molecule has 0 aromatic carbocycles. The van der Waals surface area contributed by atoms with E-state index in [-0.39, 0.29) is 24.5 Å². The Morgan fingerprint density at radius 2 is 2.25 bits per heavy atom. The summed E-state index contributed by atoms with van der Waals surface area (Å²) in [6.07, 6.45) is 9.30. The van der Waals surface area contributed by atoms with Crippen molar-refractivity contribution in [3.63, 3.8) is 0 Å². The maximum Gasteiger partial charge on any atom is 0.323 e. The summed E-state index contributed by atoms with van der Waals surface area (Å²) in [4.78, 5) is 28.8. The maximum absolute atomic E-state index is 12.4. The normalized spacial score (nSPS) is 15.8. The van der Waals surface area contributed by atoms with Crippen LogP contribution >= 0.6 is 0 Å². The van der Waals surface area contributed by atoms with Gasteiger partial charge in [0.1, 0.15) is 6.54 Å². The first-order valence-electron chi connectivity index (χ1n) is 7.10. The molecule has 1 heterocycles. The fourth-order valence-corrected chi connectivity index (χ4v) is 2.45. The summed E-state index contributed by atoms with van der Waals surface area (Å²) >= 11 is 0. The molecule has 1 aliphatic rings. The van der Waals surface area contributed by atoms with Crippen LogP contribution in [0.1, 0.15) is 45.1 Å². The molecule has 1 aliphatic carbocycles. The summed E-state index contributed by atoms with van der Waals surface area (Å²) in [6.45, 7) is 1.89. The first-order chi connectivity index (χ1) is 9.61. The van der Waals surface area contributed by atoms with Crippen LogP contribution in [0.15, 0.2) is 18.7 Å². The number of rotatable bonds is 8. The molecule has 6 nitrogen and oxygen atoms in total. The third-order valence-corrected chi connectivity index (χ3v) is 3.59. The highest BCUT2D eigenvalue weighted by Gasteiger charge is 2.34. The zero-order chi connectivity index (χ0) is 14.5. The van der Waals surface area contributed by atoms with Crippen molar-refractivity contribution in [2.45, 2.75) is 51.1 Å². The van der Waals surface area contributed by atoms with Crippen LogP contribution in [-0.4, -0.2) is 44.0 Å². The third-order valence-electron chi connectivity index (χ3n) is 3.59. The molecule has 6 heteroatoms.